The monoisotopic (exact) mass is 249 g/mol. The van der Waals surface area contributed by atoms with Gasteiger partial charge >= 0.3 is 0 Å². The Morgan fingerprint density at radius 2 is 1.94 bits per heavy atom. The topological polar surface area (TPSA) is 75.3 Å². The van der Waals surface area contributed by atoms with Crippen LogP contribution in [0.3, 0.4) is 0 Å². The van der Waals surface area contributed by atoms with Gasteiger partial charge in [-0.05, 0) is 20.3 Å². The van der Waals surface area contributed by atoms with Gasteiger partial charge in [0.15, 0.2) is 0 Å². The van der Waals surface area contributed by atoms with Crippen LogP contribution in [0, 0.1) is 13.8 Å². The van der Waals surface area contributed by atoms with E-state index in [1.807, 2.05) is 25.8 Å². The molecule has 6 heteroatoms. The van der Waals surface area contributed by atoms with Crippen LogP contribution in [0.1, 0.15) is 17.8 Å². The Hall–Kier alpha value is -1.85. The molecule has 2 N–H and O–H groups in total. The van der Waals surface area contributed by atoms with Crippen molar-refractivity contribution in [2.45, 2.75) is 20.3 Å². The smallest absolute Gasteiger partial charge is 0.241 e. The van der Waals surface area contributed by atoms with Crippen LogP contribution in [0.2, 0.25) is 0 Å². The Kier molecular flexibility index (Phi) is 3.36. The average Bonchev–Trinajstić information content (AvgIpc) is 2.47. The molecule has 0 spiro atoms. The summed E-state index contributed by atoms with van der Waals surface area (Å²) in [6.45, 7) is 5.65. The average molecular weight is 249 g/mol. The molecule has 18 heavy (non-hydrogen) atoms. The van der Waals surface area contributed by atoms with Gasteiger partial charge in [-0.3, -0.25) is 4.79 Å². The molecule has 1 aromatic rings. The molecule has 2 heterocycles. The lowest BCUT2D eigenvalue weighted by Crippen LogP contribution is -2.35. The molecule has 1 fully saturated rings. The summed E-state index contributed by atoms with van der Waals surface area (Å²) >= 11 is 0. The van der Waals surface area contributed by atoms with Crippen molar-refractivity contribution in [3.63, 3.8) is 0 Å². The summed E-state index contributed by atoms with van der Waals surface area (Å²) in [5, 5.41) is 0. The number of carbonyl (C=O) groups excluding carboxylic acids is 1. The molecule has 0 unspecified atom stereocenters. The van der Waals surface area contributed by atoms with Gasteiger partial charge in [-0.25, -0.2) is 9.97 Å². The summed E-state index contributed by atoms with van der Waals surface area (Å²) in [5.74, 6) is 2.02. The summed E-state index contributed by atoms with van der Waals surface area (Å²) < 4.78 is 0. The highest BCUT2D eigenvalue weighted by atomic mass is 16.2. The van der Waals surface area contributed by atoms with E-state index in [2.05, 4.69) is 9.97 Å². The maximum atomic E-state index is 11.9. The lowest BCUT2D eigenvalue weighted by atomic mass is 10.2. The van der Waals surface area contributed by atoms with Crippen molar-refractivity contribution in [3.8, 4) is 0 Å². The fraction of sp³-hybridized carbons (Fsp3) is 0.583. The van der Waals surface area contributed by atoms with Gasteiger partial charge in [0.2, 0.25) is 5.91 Å². The van der Waals surface area contributed by atoms with E-state index in [4.69, 9.17) is 5.73 Å². The number of nitrogens with zero attached hydrogens (tertiary/aromatic N) is 4. The van der Waals surface area contributed by atoms with Gasteiger partial charge in [-0.2, -0.15) is 0 Å². The lowest BCUT2D eigenvalue weighted by molar-refractivity contribution is -0.127. The van der Waals surface area contributed by atoms with Crippen LogP contribution in [0.25, 0.3) is 0 Å². The third-order valence-corrected chi connectivity index (χ3v) is 3.24. The summed E-state index contributed by atoms with van der Waals surface area (Å²) in [6, 6.07) is 0. The number of carbonyl (C=O) groups is 1. The van der Waals surface area contributed by atoms with E-state index in [1.165, 1.54) is 0 Å². The van der Waals surface area contributed by atoms with Gasteiger partial charge in [0.1, 0.15) is 17.5 Å². The molecule has 1 amide bonds. The van der Waals surface area contributed by atoms with Crippen molar-refractivity contribution < 1.29 is 4.79 Å². The van der Waals surface area contributed by atoms with Gasteiger partial charge in [0.05, 0.1) is 6.54 Å². The van der Waals surface area contributed by atoms with Crippen molar-refractivity contribution in [1.82, 2.24) is 14.9 Å². The molecular weight excluding hydrogens is 230 g/mol. The molecule has 0 saturated carbocycles. The zero-order chi connectivity index (χ0) is 13.3. The number of anilines is 2. The number of rotatable bonds is 1. The number of likely N-dealkylation sites (N-methyl/N-ethyl adjacent to an activating group) is 1. The molecule has 0 radical (unpaired) electrons. The first-order chi connectivity index (χ1) is 8.49. The summed E-state index contributed by atoms with van der Waals surface area (Å²) in [4.78, 5) is 24.2. The predicted molar refractivity (Wildman–Crippen MR) is 70.4 cm³/mol. The minimum absolute atomic E-state index is 0.113. The third-order valence-electron chi connectivity index (χ3n) is 3.24. The fourth-order valence-electron chi connectivity index (χ4n) is 2.11. The minimum Gasteiger partial charge on any atom is -0.383 e. The number of aromatic nitrogens is 2. The molecule has 0 aromatic carbocycles. The first-order valence-electron chi connectivity index (χ1n) is 6.08. The van der Waals surface area contributed by atoms with E-state index < -0.39 is 0 Å². The first-order valence-corrected chi connectivity index (χ1v) is 6.08. The Balaban J connectivity index is 2.33. The molecular formula is C12H19N5O. The largest absolute Gasteiger partial charge is 0.383 e. The van der Waals surface area contributed by atoms with Gasteiger partial charge in [0, 0.05) is 25.7 Å². The molecule has 1 saturated heterocycles. The Morgan fingerprint density at radius 1 is 1.22 bits per heavy atom. The van der Waals surface area contributed by atoms with E-state index in [9.17, 15) is 4.79 Å². The second-order valence-corrected chi connectivity index (χ2v) is 4.70. The van der Waals surface area contributed by atoms with E-state index in [1.54, 1.807) is 4.90 Å². The number of hydrogen-bond donors (Lipinski definition) is 1. The summed E-state index contributed by atoms with van der Waals surface area (Å²) in [7, 11) is 1.83. The zero-order valence-electron chi connectivity index (χ0n) is 11.1. The van der Waals surface area contributed by atoms with E-state index in [-0.39, 0.29) is 5.91 Å². The predicted octanol–water partition coefficient (Wildman–Crippen LogP) is 0.344. The first kappa shape index (κ1) is 12.6. The number of nitrogen functional groups attached to an aromatic ring is 1. The quantitative estimate of drug-likeness (QED) is 0.777. The molecule has 1 aliphatic heterocycles. The highest BCUT2D eigenvalue weighted by Gasteiger charge is 2.22. The molecule has 1 aliphatic rings. The van der Waals surface area contributed by atoms with Crippen LogP contribution in [0.15, 0.2) is 0 Å². The second kappa shape index (κ2) is 4.80. The maximum absolute atomic E-state index is 11.9. The lowest BCUT2D eigenvalue weighted by Gasteiger charge is -2.23. The molecule has 2 rings (SSSR count). The Labute approximate surface area is 107 Å². The third kappa shape index (κ3) is 2.37. The highest BCUT2D eigenvalue weighted by Crippen LogP contribution is 2.22. The van der Waals surface area contributed by atoms with Gasteiger partial charge in [-0.15, -0.1) is 0 Å². The van der Waals surface area contributed by atoms with Crippen LogP contribution in [0.4, 0.5) is 11.6 Å². The van der Waals surface area contributed by atoms with Crippen molar-refractivity contribution in [2.75, 3.05) is 37.3 Å². The maximum Gasteiger partial charge on any atom is 0.241 e. The molecule has 6 nitrogen and oxygen atoms in total. The minimum atomic E-state index is 0.113. The van der Waals surface area contributed by atoms with Crippen LogP contribution in [0.5, 0.6) is 0 Å². The second-order valence-electron chi connectivity index (χ2n) is 4.70. The van der Waals surface area contributed by atoms with E-state index in [0.29, 0.717) is 18.2 Å². The van der Waals surface area contributed by atoms with Gasteiger partial charge < -0.3 is 15.5 Å². The Bertz CT molecular complexity index is 474. The van der Waals surface area contributed by atoms with Crippen molar-refractivity contribution in [3.05, 3.63) is 11.4 Å². The van der Waals surface area contributed by atoms with Crippen LogP contribution < -0.4 is 10.6 Å². The Morgan fingerprint density at radius 3 is 2.67 bits per heavy atom. The van der Waals surface area contributed by atoms with Crippen LogP contribution >= 0.6 is 0 Å². The molecule has 98 valence electrons. The van der Waals surface area contributed by atoms with Crippen molar-refractivity contribution in [1.29, 1.82) is 0 Å². The van der Waals surface area contributed by atoms with E-state index >= 15 is 0 Å². The molecule has 0 aliphatic carbocycles. The van der Waals surface area contributed by atoms with Crippen LogP contribution in [-0.4, -0.2) is 47.5 Å². The standard InChI is InChI=1S/C12H19N5O/c1-8-11(13)14-9(2)15-12(8)17-6-4-5-16(3)10(18)7-17/h4-7H2,1-3H3,(H2,13,14,15). The fourth-order valence-corrected chi connectivity index (χ4v) is 2.11. The van der Waals surface area contributed by atoms with E-state index in [0.717, 1.165) is 30.9 Å². The van der Waals surface area contributed by atoms with Crippen molar-refractivity contribution >= 4 is 17.5 Å². The van der Waals surface area contributed by atoms with Gasteiger partial charge in [0.25, 0.3) is 0 Å². The molecule has 0 atom stereocenters. The van der Waals surface area contributed by atoms with Crippen molar-refractivity contribution in [2.24, 2.45) is 0 Å². The summed E-state index contributed by atoms with van der Waals surface area (Å²) in [6.07, 6.45) is 0.935. The molecule has 1 aromatic heterocycles. The number of nitrogens with two attached hydrogens (primary N) is 1. The summed E-state index contributed by atoms with van der Waals surface area (Å²) in [5.41, 5.74) is 6.70. The zero-order valence-corrected chi connectivity index (χ0v) is 11.1. The highest BCUT2D eigenvalue weighted by molar-refractivity contribution is 5.81. The number of hydrogen-bond acceptors (Lipinski definition) is 5. The number of aryl methyl sites for hydroxylation is 1. The normalized spacial score (nSPS) is 16.9. The number of amides is 1. The van der Waals surface area contributed by atoms with Gasteiger partial charge in [-0.1, -0.05) is 0 Å². The van der Waals surface area contributed by atoms with Crippen LogP contribution in [-0.2, 0) is 4.79 Å². The SMILES string of the molecule is Cc1nc(N)c(C)c(N2CCCN(C)C(=O)C2)n1. The molecule has 0 bridgehead atoms.